The molecular formula is C14H14ClNS. The van der Waals surface area contributed by atoms with Gasteiger partial charge in [0.2, 0.25) is 0 Å². The van der Waals surface area contributed by atoms with Gasteiger partial charge in [-0.25, -0.2) is 0 Å². The van der Waals surface area contributed by atoms with Crippen LogP contribution in [-0.2, 0) is 0 Å². The molecule has 2 aromatic rings. The van der Waals surface area contributed by atoms with Gasteiger partial charge in [-0.3, -0.25) is 0 Å². The molecule has 3 heteroatoms. The van der Waals surface area contributed by atoms with Crippen LogP contribution in [0.5, 0.6) is 0 Å². The standard InChI is InChI=1S/C14H14ClNS/c1-16-6-4-10(5-7-16)13-9-17-14-3-2-11(15)8-12(13)14/h2-4,8-9H,5-7H2,1H3. The first-order valence-electron chi connectivity index (χ1n) is 5.79. The van der Waals surface area contributed by atoms with Crippen LogP contribution in [0.25, 0.3) is 15.7 Å². The van der Waals surface area contributed by atoms with Gasteiger partial charge < -0.3 is 4.90 Å². The Morgan fingerprint density at radius 1 is 1.35 bits per heavy atom. The Hall–Kier alpha value is -0.830. The molecule has 0 amide bonds. The van der Waals surface area contributed by atoms with Gasteiger partial charge >= 0.3 is 0 Å². The van der Waals surface area contributed by atoms with E-state index < -0.39 is 0 Å². The van der Waals surface area contributed by atoms with Crippen LogP contribution in [0.2, 0.25) is 5.02 Å². The van der Waals surface area contributed by atoms with Gasteiger partial charge in [0.15, 0.2) is 0 Å². The van der Waals surface area contributed by atoms with Crippen molar-refractivity contribution in [2.45, 2.75) is 6.42 Å². The fourth-order valence-corrected chi connectivity index (χ4v) is 3.40. The quantitative estimate of drug-likeness (QED) is 0.743. The van der Waals surface area contributed by atoms with Crippen molar-refractivity contribution in [3.8, 4) is 0 Å². The van der Waals surface area contributed by atoms with Crippen molar-refractivity contribution in [3.63, 3.8) is 0 Å². The molecule has 1 nitrogen and oxygen atoms in total. The number of hydrogen-bond acceptors (Lipinski definition) is 2. The Kier molecular flexibility index (Phi) is 2.95. The molecule has 0 N–H and O–H groups in total. The lowest BCUT2D eigenvalue weighted by Gasteiger charge is -2.21. The number of fused-ring (bicyclic) bond motifs is 1. The normalized spacial score (nSPS) is 17.4. The topological polar surface area (TPSA) is 3.24 Å². The molecule has 3 rings (SSSR count). The second kappa shape index (κ2) is 4.45. The van der Waals surface area contributed by atoms with Crippen molar-refractivity contribution in [2.75, 3.05) is 20.1 Å². The summed E-state index contributed by atoms with van der Waals surface area (Å²) in [6.45, 7) is 2.19. The van der Waals surface area contributed by atoms with Crippen LogP contribution >= 0.6 is 22.9 Å². The Bertz CT molecular complexity index is 585. The first kappa shape index (κ1) is 11.3. The van der Waals surface area contributed by atoms with Crippen molar-refractivity contribution in [1.82, 2.24) is 4.90 Å². The molecule has 0 radical (unpaired) electrons. The number of likely N-dealkylation sites (N-methyl/N-ethyl adjacent to an activating group) is 1. The number of nitrogens with zero attached hydrogens (tertiary/aromatic N) is 1. The van der Waals surface area contributed by atoms with E-state index in [1.54, 1.807) is 11.3 Å². The van der Waals surface area contributed by atoms with Gasteiger partial charge in [-0.05, 0) is 48.2 Å². The summed E-state index contributed by atoms with van der Waals surface area (Å²) in [4.78, 5) is 2.34. The summed E-state index contributed by atoms with van der Waals surface area (Å²) in [5, 5.41) is 4.39. The molecule has 1 aromatic carbocycles. The highest BCUT2D eigenvalue weighted by molar-refractivity contribution is 7.17. The maximum atomic E-state index is 6.09. The molecule has 1 aromatic heterocycles. The van der Waals surface area contributed by atoms with E-state index in [2.05, 4.69) is 35.5 Å². The van der Waals surface area contributed by atoms with Gasteiger partial charge in [0.1, 0.15) is 0 Å². The van der Waals surface area contributed by atoms with E-state index >= 15 is 0 Å². The molecule has 1 aliphatic rings. The summed E-state index contributed by atoms with van der Waals surface area (Å²) in [7, 11) is 2.16. The van der Waals surface area contributed by atoms with Gasteiger partial charge in [-0.15, -0.1) is 11.3 Å². The lowest BCUT2D eigenvalue weighted by molar-refractivity contribution is 0.370. The minimum Gasteiger partial charge on any atom is -0.302 e. The fraction of sp³-hybridized carbons (Fsp3) is 0.286. The van der Waals surface area contributed by atoms with Gasteiger partial charge in [0.25, 0.3) is 0 Å². The molecule has 0 bridgehead atoms. The third kappa shape index (κ3) is 2.13. The van der Waals surface area contributed by atoms with Crippen LogP contribution in [0.3, 0.4) is 0 Å². The van der Waals surface area contributed by atoms with E-state index in [4.69, 9.17) is 11.6 Å². The molecule has 0 atom stereocenters. The monoisotopic (exact) mass is 263 g/mol. The molecule has 88 valence electrons. The Morgan fingerprint density at radius 3 is 3.00 bits per heavy atom. The predicted molar refractivity (Wildman–Crippen MR) is 76.9 cm³/mol. The van der Waals surface area contributed by atoms with E-state index in [0.717, 1.165) is 24.5 Å². The zero-order valence-corrected chi connectivity index (χ0v) is 11.3. The molecule has 0 aliphatic carbocycles. The minimum absolute atomic E-state index is 0.825. The van der Waals surface area contributed by atoms with Crippen molar-refractivity contribution < 1.29 is 0 Å². The van der Waals surface area contributed by atoms with Gasteiger partial charge in [-0.1, -0.05) is 17.7 Å². The number of hydrogen-bond donors (Lipinski definition) is 0. The average molecular weight is 264 g/mol. The van der Waals surface area contributed by atoms with Crippen molar-refractivity contribution in [1.29, 1.82) is 0 Å². The highest BCUT2D eigenvalue weighted by Crippen LogP contribution is 2.34. The van der Waals surface area contributed by atoms with Crippen LogP contribution in [-0.4, -0.2) is 25.0 Å². The van der Waals surface area contributed by atoms with Crippen LogP contribution in [0.4, 0.5) is 0 Å². The molecule has 0 saturated carbocycles. The van der Waals surface area contributed by atoms with Gasteiger partial charge in [-0.2, -0.15) is 0 Å². The molecule has 2 heterocycles. The Balaban J connectivity index is 2.08. The molecule has 1 aliphatic heterocycles. The summed E-state index contributed by atoms with van der Waals surface area (Å²) in [5.74, 6) is 0. The number of thiophene rings is 1. The fourth-order valence-electron chi connectivity index (χ4n) is 2.27. The van der Waals surface area contributed by atoms with E-state index in [9.17, 15) is 0 Å². The summed E-state index contributed by atoms with van der Waals surface area (Å²) in [6, 6.07) is 6.16. The number of benzene rings is 1. The van der Waals surface area contributed by atoms with E-state index in [1.807, 2.05) is 6.07 Å². The SMILES string of the molecule is CN1CC=C(c2csc3ccc(Cl)cc23)CC1. The smallest absolute Gasteiger partial charge is 0.0413 e. The maximum absolute atomic E-state index is 6.09. The summed E-state index contributed by atoms with van der Waals surface area (Å²) < 4.78 is 1.32. The first-order chi connectivity index (χ1) is 8.24. The molecule has 0 saturated heterocycles. The van der Waals surface area contributed by atoms with E-state index in [-0.39, 0.29) is 0 Å². The van der Waals surface area contributed by atoms with Gasteiger partial charge in [0, 0.05) is 28.2 Å². The van der Waals surface area contributed by atoms with Crippen molar-refractivity contribution >= 4 is 38.6 Å². The Morgan fingerprint density at radius 2 is 2.24 bits per heavy atom. The third-order valence-electron chi connectivity index (χ3n) is 3.29. The van der Waals surface area contributed by atoms with Crippen molar-refractivity contribution in [2.24, 2.45) is 0 Å². The maximum Gasteiger partial charge on any atom is 0.0413 e. The zero-order valence-electron chi connectivity index (χ0n) is 9.74. The second-order valence-corrected chi connectivity index (χ2v) is 5.88. The molecule has 17 heavy (non-hydrogen) atoms. The molecule has 0 unspecified atom stereocenters. The number of rotatable bonds is 1. The second-order valence-electron chi connectivity index (χ2n) is 4.53. The van der Waals surface area contributed by atoms with E-state index in [1.165, 1.54) is 21.2 Å². The average Bonchev–Trinajstić information content (AvgIpc) is 2.73. The highest BCUT2D eigenvalue weighted by atomic mass is 35.5. The highest BCUT2D eigenvalue weighted by Gasteiger charge is 2.13. The van der Waals surface area contributed by atoms with Gasteiger partial charge in [0.05, 0.1) is 0 Å². The first-order valence-corrected chi connectivity index (χ1v) is 7.04. The summed E-state index contributed by atoms with van der Waals surface area (Å²) in [6.07, 6.45) is 3.47. The van der Waals surface area contributed by atoms with Crippen LogP contribution in [0, 0.1) is 0 Å². The van der Waals surface area contributed by atoms with Crippen molar-refractivity contribution in [3.05, 3.63) is 40.2 Å². The number of halogens is 1. The summed E-state index contributed by atoms with van der Waals surface area (Å²) in [5.41, 5.74) is 2.84. The minimum atomic E-state index is 0.825. The van der Waals surface area contributed by atoms with Crippen LogP contribution < -0.4 is 0 Å². The predicted octanol–water partition coefficient (Wildman–Crippen LogP) is 4.27. The largest absolute Gasteiger partial charge is 0.302 e. The van der Waals surface area contributed by atoms with Crippen LogP contribution in [0.15, 0.2) is 29.7 Å². The zero-order chi connectivity index (χ0) is 11.8. The lowest BCUT2D eigenvalue weighted by atomic mass is 9.99. The third-order valence-corrected chi connectivity index (χ3v) is 4.49. The Labute approximate surface area is 110 Å². The lowest BCUT2D eigenvalue weighted by Crippen LogP contribution is -2.23. The molecular weight excluding hydrogens is 250 g/mol. The molecule has 0 spiro atoms. The molecule has 0 fully saturated rings. The summed E-state index contributed by atoms with van der Waals surface area (Å²) >= 11 is 7.89. The van der Waals surface area contributed by atoms with Crippen LogP contribution in [0.1, 0.15) is 12.0 Å². The van der Waals surface area contributed by atoms with E-state index in [0.29, 0.717) is 0 Å².